The molecule has 3 aromatic rings. The number of aromatic nitrogens is 3. The Bertz CT molecular complexity index is 923. The van der Waals surface area contributed by atoms with Gasteiger partial charge in [-0.2, -0.15) is 0 Å². The molecular weight excluding hydrogens is 288 g/mol. The smallest absolute Gasteiger partial charge is 0.159 e. The van der Waals surface area contributed by atoms with E-state index in [0.717, 1.165) is 34.2 Å². The van der Waals surface area contributed by atoms with Gasteiger partial charge in [0.2, 0.25) is 0 Å². The standard InChI is InChI=1S/C18H16N4O/c1-11-3-5-13(6-4-11)18-15-9-14(23)7-8-16(15)22-12(2)20-21-17(22)10-19-18/h3-9,23H,10H2,1-2H3. The molecule has 1 aliphatic rings. The molecular formula is C18H16N4O. The average Bonchev–Trinajstić information content (AvgIpc) is 2.82. The minimum atomic E-state index is 0.220. The number of hydrogen-bond acceptors (Lipinski definition) is 4. The number of aryl methyl sites for hydroxylation is 2. The van der Waals surface area contributed by atoms with E-state index in [0.29, 0.717) is 6.54 Å². The highest BCUT2D eigenvalue weighted by molar-refractivity contribution is 6.15. The Morgan fingerprint density at radius 1 is 1.00 bits per heavy atom. The lowest BCUT2D eigenvalue weighted by Crippen LogP contribution is -2.08. The Hall–Kier alpha value is -2.95. The van der Waals surface area contributed by atoms with Crippen molar-refractivity contribution in [2.75, 3.05) is 0 Å². The fourth-order valence-electron chi connectivity index (χ4n) is 2.92. The summed E-state index contributed by atoms with van der Waals surface area (Å²) in [6, 6.07) is 13.6. The molecule has 0 amide bonds. The van der Waals surface area contributed by atoms with Crippen LogP contribution < -0.4 is 0 Å². The first-order valence-electron chi connectivity index (χ1n) is 7.49. The van der Waals surface area contributed by atoms with Gasteiger partial charge in [-0.25, -0.2) is 0 Å². The molecule has 114 valence electrons. The number of nitrogens with zero attached hydrogens (tertiary/aromatic N) is 4. The Morgan fingerprint density at radius 2 is 1.78 bits per heavy atom. The number of hydrogen-bond donors (Lipinski definition) is 1. The lowest BCUT2D eigenvalue weighted by atomic mass is 9.99. The third kappa shape index (κ3) is 2.21. The van der Waals surface area contributed by atoms with Crippen LogP contribution in [0.1, 0.15) is 28.3 Å². The second-order valence-corrected chi connectivity index (χ2v) is 5.73. The second-order valence-electron chi connectivity index (χ2n) is 5.73. The van der Waals surface area contributed by atoms with Gasteiger partial charge in [0, 0.05) is 11.1 Å². The van der Waals surface area contributed by atoms with Gasteiger partial charge in [-0.05, 0) is 32.0 Å². The highest BCUT2D eigenvalue weighted by atomic mass is 16.3. The number of aliphatic imine (C=N–C) groups is 1. The number of phenolic OH excluding ortho intramolecular Hbond substituents is 1. The number of rotatable bonds is 1. The van der Waals surface area contributed by atoms with Crippen LogP contribution >= 0.6 is 0 Å². The quantitative estimate of drug-likeness (QED) is 0.752. The number of phenols is 1. The van der Waals surface area contributed by atoms with Crippen molar-refractivity contribution in [3.05, 3.63) is 70.8 Å². The van der Waals surface area contributed by atoms with Crippen LogP contribution in [0.15, 0.2) is 47.5 Å². The zero-order chi connectivity index (χ0) is 16.0. The van der Waals surface area contributed by atoms with Crippen molar-refractivity contribution in [2.24, 2.45) is 4.99 Å². The minimum Gasteiger partial charge on any atom is -0.508 e. The molecule has 0 radical (unpaired) electrons. The predicted octanol–water partition coefficient (Wildman–Crippen LogP) is 2.94. The molecule has 0 bridgehead atoms. The molecule has 2 aromatic carbocycles. The van der Waals surface area contributed by atoms with Crippen molar-refractivity contribution in [3.63, 3.8) is 0 Å². The van der Waals surface area contributed by atoms with Gasteiger partial charge < -0.3 is 5.11 Å². The van der Waals surface area contributed by atoms with Gasteiger partial charge in [0.25, 0.3) is 0 Å². The van der Waals surface area contributed by atoms with E-state index in [-0.39, 0.29) is 5.75 Å². The summed E-state index contributed by atoms with van der Waals surface area (Å²) in [5, 5.41) is 18.3. The molecule has 23 heavy (non-hydrogen) atoms. The lowest BCUT2D eigenvalue weighted by Gasteiger charge is -2.13. The van der Waals surface area contributed by atoms with Gasteiger partial charge in [0.15, 0.2) is 5.82 Å². The minimum absolute atomic E-state index is 0.220. The molecule has 2 heterocycles. The highest BCUT2D eigenvalue weighted by Crippen LogP contribution is 2.28. The van der Waals surface area contributed by atoms with Crippen LogP contribution in [0.4, 0.5) is 0 Å². The summed E-state index contributed by atoms with van der Waals surface area (Å²) in [5.74, 6) is 1.83. The number of fused-ring (bicyclic) bond motifs is 3. The zero-order valence-electron chi connectivity index (χ0n) is 13.0. The van der Waals surface area contributed by atoms with E-state index < -0.39 is 0 Å². The van der Waals surface area contributed by atoms with Crippen molar-refractivity contribution < 1.29 is 5.11 Å². The Kier molecular flexibility index (Phi) is 3.01. The van der Waals surface area contributed by atoms with Gasteiger partial charge in [-0.3, -0.25) is 9.56 Å². The van der Waals surface area contributed by atoms with Gasteiger partial charge in [0.1, 0.15) is 18.1 Å². The summed E-state index contributed by atoms with van der Waals surface area (Å²) in [6.45, 7) is 4.44. The summed E-state index contributed by atoms with van der Waals surface area (Å²) in [5.41, 5.74) is 4.92. The average molecular weight is 304 g/mol. The third-order valence-electron chi connectivity index (χ3n) is 4.07. The maximum atomic E-state index is 9.96. The van der Waals surface area contributed by atoms with Crippen LogP contribution in [0.25, 0.3) is 5.69 Å². The molecule has 0 unspecified atom stereocenters. The summed E-state index contributed by atoms with van der Waals surface area (Å²) in [4.78, 5) is 4.74. The van der Waals surface area contributed by atoms with E-state index in [1.165, 1.54) is 5.56 Å². The molecule has 1 N–H and O–H groups in total. The molecule has 0 saturated heterocycles. The second kappa shape index (κ2) is 5.05. The largest absolute Gasteiger partial charge is 0.508 e. The maximum Gasteiger partial charge on any atom is 0.159 e. The van der Waals surface area contributed by atoms with Crippen molar-refractivity contribution in [3.8, 4) is 11.4 Å². The first kappa shape index (κ1) is 13.7. The summed E-state index contributed by atoms with van der Waals surface area (Å²) in [6.07, 6.45) is 0. The summed E-state index contributed by atoms with van der Waals surface area (Å²) in [7, 11) is 0. The molecule has 1 aliphatic heterocycles. The van der Waals surface area contributed by atoms with E-state index in [9.17, 15) is 5.11 Å². The third-order valence-corrected chi connectivity index (χ3v) is 4.07. The van der Waals surface area contributed by atoms with E-state index in [4.69, 9.17) is 4.99 Å². The molecule has 1 aromatic heterocycles. The molecule has 0 saturated carbocycles. The number of aromatic hydroxyl groups is 1. The van der Waals surface area contributed by atoms with E-state index in [1.54, 1.807) is 12.1 Å². The van der Waals surface area contributed by atoms with Gasteiger partial charge in [-0.1, -0.05) is 29.8 Å². The maximum absolute atomic E-state index is 9.96. The first-order chi connectivity index (χ1) is 11.1. The molecule has 5 nitrogen and oxygen atoms in total. The van der Waals surface area contributed by atoms with Crippen LogP contribution in [-0.4, -0.2) is 25.6 Å². The van der Waals surface area contributed by atoms with Gasteiger partial charge >= 0.3 is 0 Å². The normalized spacial score (nSPS) is 13.0. The summed E-state index contributed by atoms with van der Waals surface area (Å²) >= 11 is 0. The molecule has 0 fully saturated rings. The van der Waals surface area contributed by atoms with Crippen LogP contribution in [-0.2, 0) is 6.54 Å². The van der Waals surface area contributed by atoms with Crippen LogP contribution in [0, 0.1) is 13.8 Å². The monoisotopic (exact) mass is 304 g/mol. The van der Waals surface area contributed by atoms with Crippen LogP contribution in [0.2, 0.25) is 0 Å². The van der Waals surface area contributed by atoms with Crippen molar-refractivity contribution in [1.82, 2.24) is 14.8 Å². The van der Waals surface area contributed by atoms with Crippen molar-refractivity contribution in [1.29, 1.82) is 0 Å². The molecule has 0 atom stereocenters. The van der Waals surface area contributed by atoms with Crippen LogP contribution in [0.3, 0.4) is 0 Å². The molecule has 0 spiro atoms. The number of benzene rings is 2. The van der Waals surface area contributed by atoms with Gasteiger partial charge in [0.05, 0.1) is 11.4 Å². The Balaban J connectivity index is 1.98. The molecule has 4 rings (SSSR count). The van der Waals surface area contributed by atoms with Crippen molar-refractivity contribution >= 4 is 5.71 Å². The SMILES string of the molecule is Cc1ccc(C2=NCc3nnc(C)n3-c3ccc(O)cc32)cc1. The molecule has 0 aliphatic carbocycles. The van der Waals surface area contributed by atoms with Crippen molar-refractivity contribution in [2.45, 2.75) is 20.4 Å². The summed E-state index contributed by atoms with van der Waals surface area (Å²) < 4.78 is 2.00. The fourth-order valence-corrected chi connectivity index (χ4v) is 2.92. The topological polar surface area (TPSA) is 63.3 Å². The van der Waals surface area contributed by atoms with E-state index >= 15 is 0 Å². The fraction of sp³-hybridized carbons (Fsp3) is 0.167. The zero-order valence-corrected chi connectivity index (χ0v) is 13.0. The Morgan fingerprint density at radius 3 is 2.57 bits per heavy atom. The van der Waals surface area contributed by atoms with E-state index in [2.05, 4.69) is 41.4 Å². The predicted molar refractivity (Wildman–Crippen MR) is 88.3 cm³/mol. The first-order valence-corrected chi connectivity index (χ1v) is 7.49. The molecule has 5 heteroatoms. The van der Waals surface area contributed by atoms with Crippen LogP contribution in [0.5, 0.6) is 5.75 Å². The van der Waals surface area contributed by atoms with Gasteiger partial charge in [-0.15, -0.1) is 10.2 Å². The van der Waals surface area contributed by atoms with E-state index in [1.807, 2.05) is 17.6 Å². The Labute approximate surface area is 134 Å². The lowest BCUT2D eigenvalue weighted by molar-refractivity contribution is 0.475. The highest BCUT2D eigenvalue weighted by Gasteiger charge is 2.21.